The van der Waals surface area contributed by atoms with E-state index in [1.165, 1.54) is 4.90 Å². The lowest BCUT2D eigenvalue weighted by atomic mass is 10.0. The second kappa shape index (κ2) is 17.0. The lowest BCUT2D eigenvalue weighted by Gasteiger charge is -2.24. The molecular weight excluding hydrogens is 500 g/mol. The van der Waals surface area contributed by atoms with E-state index in [4.69, 9.17) is 26.7 Å². The second-order valence-corrected chi connectivity index (χ2v) is 8.87. The summed E-state index contributed by atoms with van der Waals surface area (Å²) in [6, 6.07) is 12.7. The number of hydrogen-bond acceptors (Lipinski definition) is 8. The largest absolute Gasteiger partial charge is 0.494 e. The van der Waals surface area contributed by atoms with Gasteiger partial charge in [-0.25, -0.2) is 0 Å². The zero-order valence-corrected chi connectivity index (χ0v) is 22.9. The molecule has 2 atom stereocenters. The summed E-state index contributed by atoms with van der Waals surface area (Å²) in [4.78, 5) is 40.6. The number of nitrogens with zero attached hydrogens (tertiary/aromatic N) is 1. The van der Waals surface area contributed by atoms with Crippen molar-refractivity contribution in [3.8, 4) is 11.5 Å². The van der Waals surface area contributed by atoms with E-state index < -0.39 is 23.9 Å². The first-order valence-corrected chi connectivity index (χ1v) is 13.3. The van der Waals surface area contributed by atoms with Crippen LogP contribution in [0.15, 0.2) is 48.5 Å². The highest BCUT2D eigenvalue weighted by Gasteiger charge is 2.27. The molecule has 11 nitrogen and oxygen atoms in total. The van der Waals surface area contributed by atoms with Crippen molar-refractivity contribution in [2.45, 2.75) is 45.2 Å². The van der Waals surface area contributed by atoms with E-state index in [9.17, 15) is 14.4 Å². The molecule has 11 heteroatoms. The van der Waals surface area contributed by atoms with E-state index in [0.29, 0.717) is 56.3 Å². The molecule has 0 saturated heterocycles. The molecule has 2 aromatic carbocycles. The third-order valence-corrected chi connectivity index (χ3v) is 5.90. The van der Waals surface area contributed by atoms with Crippen molar-refractivity contribution in [1.82, 2.24) is 10.2 Å². The monoisotopic (exact) mass is 542 g/mol. The maximum absolute atomic E-state index is 13.5. The number of nitrogens with two attached hydrogens (primary N) is 3. The Morgan fingerprint density at radius 2 is 1.59 bits per heavy atom. The van der Waals surface area contributed by atoms with Crippen LogP contribution in [0.5, 0.6) is 11.5 Å². The summed E-state index contributed by atoms with van der Waals surface area (Å²) < 4.78 is 11.2. The Morgan fingerprint density at radius 1 is 0.923 bits per heavy atom. The van der Waals surface area contributed by atoms with Gasteiger partial charge in [-0.1, -0.05) is 30.3 Å². The highest BCUT2D eigenvalue weighted by molar-refractivity contribution is 5.99. The minimum atomic E-state index is -1.15. The van der Waals surface area contributed by atoms with Crippen LogP contribution >= 0.6 is 0 Å². The maximum Gasteiger partial charge on any atom is 0.247 e. The Morgan fingerprint density at radius 3 is 2.21 bits per heavy atom. The zero-order chi connectivity index (χ0) is 28.6. The molecule has 2 rings (SSSR count). The van der Waals surface area contributed by atoms with Gasteiger partial charge in [0.05, 0.1) is 31.4 Å². The summed E-state index contributed by atoms with van der Waals surface area (Å²) in [5.41, 5.74) is 18.7. The van der Waals surface area contributed by atoms with Gasteiger partial charge < -0.3 is 42.2 Å². The van der Waals surface area contributed by atoms with Crippen LogP contribution in [0.1, 0.15) is 32.3 Å². The normalized spacial score (nSPS) is 12.2. The number of carbonyl (C=O) groups excluding carboxylic acids is 3. The molecule has 8 N–H and O–H groups in total. The van der Waals surface area contributed by atoms with Crippen molar-refractivity contribution in [3.05, 3.63) is 54.1 Å². The first-order chi connectivity index (χ1) is 18.8. The minimum Gasteiger partial charge on any atom is -0.494 e. The molecule has 0 spiro atoms. The molecule has 0 unspecified atom stereocenters. The molecule has 0 aliphatic carbocycles. The van der Waals surface area contributed by atoms with Gasteiger partial charge in [0.2, 0.25) is 17.7 Å². The number of nitrogens with one attached hydrogen (secondary N) is 2. The van der Waals surface area contributed by atoms with Crippen LogP contribution in [0.25, 0.3) is 0 Å². The third kappa shape index (κ3) is 10.5. The lowest BCUT2D eigenvalue weighted by molar-refractivity contribution is -0.134. The molecule has 214 valence electrons. The molecule has 39 heavy (non-hydrogen) atoms. The van der Waals surface area contributed by atoms with Crippen LogP contribution in [0.3, 0.4) is 0 Å². The Labute approximate surface area is 230 Å². The molecule has 2 aromatic rings. The first kappa shape index (κ1) is 31.5. The summed E-state index contributed by atoms with van der Waals surface area (Å²) in [7, 11) is 0. The molecule has 3 amide bonds. The predicted molar refractivity (Wildman–Crippen MR) is 151 cm³/mol. The van der Waals surface area contributed by atoms with Crippen LogP contribution in [-0.4, -0.2) is 74.1 Å². The van der Waals surface area contributed by atoms with E-state index in [0.717, 1.165) is 5.56 Å². The molecule has 0 aromatic heterocycles. The molecule has 0 fully saturated rings. The quantitative estimate of drug-likeness (QED) is 0.197. The average molecular weight is 543 g/mol. The Balaban J connectivity index is 2.19. The average Bonchev–Trinajstić information content (AvgIpc) is 2.92. The van der Waals surface area contributed by atoms with Crippen molar-refractivity contribution < 1.29 is 23.9 Å². The fourth-order valence-corrected chi connectivity index (χ4v) is 3.95. The molecular formula is C28H42N6O5. The molecule has 0 heterocycles. The fraction of sp³-hybridized carbons (Fsp3) is 0.464. The summed E-state index contributed by atoms with van der Waals surface area (Å²) in [5, 5.41) is 5.60. The van der Waals surface area contributed by atoms with E-state index in [2.05, 4.69) is 10.6 Å². The first-order valence-electron chi connectivity index (χ1n) is 13.3. The summed E-state index contributed by atoms with van der Waals surface area (Å²) in [6.07, 6.45) is 0.610. The van der Waals surface area contributed by atoms with Crippen molar-refractivity contribution in [2.75, 3.05) is 44.7 Å². The molecule has 0 aliphatic heterocycles. The van der Waals surface area contributed by atoms with Gasteiger partial charge >= 0.3 is 0 Å². The number of carbonyl (C=O) groups is 3. The van der Waals surface area contributed by atoms with Gasteiger partial charge in [-0.15, -0.1) is 0 Å². The predicted octanol–water partition coefficient (Wildman–Crippen LogP) is 1.00. The van der Waals surface area contributed by atoms with Crippen molar-refractivity contribution >= 4 is 23.4 Å². The second-order valence-electron chi connectivity index (χ2n) is 8.87. The molecule has 0 bridgehead atoms. The van der Waals surface area contributed by atoms with Crippen LogP contribution < -0.4 is 37.3 Å². The highest BCUT2D eigenvalue weighted by Crippen LogP contribution is 2.29. The van der Waals surface area contributed by atoms with Crippen molar-refractivity contribution in [1.29, 1.82) is 0 Å². The highest BCUT2D eigenvalue weighted by atomic mass is 16.5. The Hall–Kier alpha value is -3.67. The van der Waals surface area contributed by atoms with Crippen LogP contribution in [0.4, 0.5) is 5.69 Å². The number of amides is 3. The Bertz CT molecular complexity index is 1050. The van der Waals surface area contributed by atoms with E-state index in [1.54, 1.807) is 18.2 Å². The van der Waals surface area contributed by atoms with Gasteiger partial charge in [-0.05, 0) is 44.4 Å². The molecule has 0 aliphatic rings. The smallest absolute Gasteiger partial charge is 0.247 e. The van der Waals surface area contributed by atoms with Crippen LogP contribution in [0, 0.1) is 0 Å². The van der Waals surface area contributed by atoms with E-state index in [-0.39, 0.29) is 25.4 Å². The Kier molecular flexibility index (Phi) is 13.8. The topological polar surface area (TPSA) is 175 Å². The van der Waals surface area contributed by atoms with Crippen molar-refractivity contribution in [2.24, 2.45) is 17.2 Å². The van der Waals surface area contributed by atoms with Gasteiger partial charge in [0.1, 0.15) is 17.5 Å². The summed E-state index contributed by atoms with van der Waals surface area (Å²) >= 11 is 0. The van der Waals surface area contributed by atoms with Gasteiger partial charge in [0.25, 0.3) is 0 Å². The SMILES string of the molecule is CCOc1ccc(OCC)c(NC(=O)[C@H](CCc2ccccc2)NC(=O)[C@@H](N)CC(=O)N(CCN)CCN)c1. The maximum atomic E-state index is 13.5. The summed E-state index contributed by atoms with van der Waals surface area (Å²) in [5.74, 6) is -0.329. The fourth-order valence-electron chi connectivity index (χ4n) is 3.95. The van der Waals surface area contributed by atoms with E-state index >= 15 is 0 Å². The standard InChI is InChI=1S/C28H42N6O5/c1-3-38-21-11-13-25(39-4-2)24(18-21)33-28(37)23(12-10-20-8-6-5-7-9-20)32-27(36)22(31)19-26(35)34(16-14-29)17-15-30/h5-9,11,13,18,22-23H,3-4,10,12,14-17,19,29-31H2,1-2H3,(H,32,36)(H,33,37)/t22-,23-/m0/s1. The van der Waals surface area contributed by atoms with Gasteiger partial charge in [-0.3, -0.25) is 14.4 Å². The third-order valence-electron chi connectivity index (χ3n) is 5.90. The van der Waals surface area contributed by atoms with Gasteiger partial charge in [0, 0.05) is 32.2 Å². The zero-order valence-electron chi connectivity index (χ0n) is 22.9. The molecule has 0 radical (unpaired) electrons. The number of benzene rings is 2. The van der Waals surface area contributed by atoms with Crippen LogP contribution in [-0.2, 0) is 20.8 Å². The number of aryl methyl sites for hydroxylation is 1. The number of ether oxygens (including phenoxy) is 2. The number of rotatable bonds is 17. The number of anilines is 1. The lowest BCUT2D eigenvalue weighted by Crippen LogP contribution is -2.52. The van der Waals surface area contributed by atoms with Gasteiger partial charge in [0.15, 0.2) is 0 Å². The van der Waals surface area contributed by atoms with Crippen LogP contribution in [0.2, 0.25) is 0 Å². The number of hydrogen-bond donors (Lipinski definition) is 5. The van der Waals surface area contributed by atoms with Crippen molar-refractivity contribution in [3.63, 3.8) is 0 Å². The van der Waals surface area contributed by atoms with Gasteiger partial charge in [-0.2, -0.15) is 0 Å². The minimum absolute atomic E-state index is 0.232. The van der Waals surface area contributed by atoms with E-state index in [1.807, 2.05) is 44.2 Å². The summed E-state index contributed by atoms with van der Waals surface area (Å²) in [6.45, 7) is 5.73. The molecule has 0 saturated carbocycles.